The molecule has 6 nitrogen and oxygen atoms in total. The summed E-state index contributed by atoms with van der Waals surface area (Å²) in [5, 5.41) is 5.55. The number of methoxy groups -OCH3 is 1. The number of ether oxygens (including phenoxy) is 1. The van der Waals surface area contributed by atoms with Crippen LogP contribution in [0.25, 0.3) is 0 Å². The maximum Gasteiger partial charge on any atom is 0.322 e. The van der Waals surface area contributed by atoms with E-state index in [4.69, 9.17) is 4.74 Å². The van der Waals surface area contributed by atoms with Crippen LogP contribution >= 0.6 is 0 Å². The van der Waals surface area contributed by atoms with Crippen molar-refractivity contribution in [2.45, 2.75) is 19.4 Å². The monoisotopic (exact) mass is 277 g/mol. The predicted molar refractivity (Wildman–Crippen MR) is 75.8 cm³/mol. The molecule has 1 aromatic rings. The molecule has 1 aliphatic heterocycles. The quantitative estimate of drug-likeness (QED) is 0.859. The van der Waals surface area contributed by atoms with Gasteiger partial charge in [-0.3, -0.25) is 4.79 Å². The Bertz CT molecular complexity index is 511. The number of hydrogen-bond acceptors (Lipinski definition) is 3. The normalized spacial score (nSPS) is 17.4. The van der Waals surface area contributed by atoms with Crippen LogP contribution in [0.4, 0.5) is 10.5 Å². The number of anilines is 1. The molecule has 1 aliphatic rings. The minimum Gasteiger partial charge on any atom is -0.497 e. The molecule has 0 atom stereocenters. The summed E-state index contributed by atoms with van der Waals surface area (Å²) in [4.78, 5) is 25.6. The number of nitrogens with one attached hydrogen (secondary N) is 2. The highest BCUT2D eigenvalue weighted by Gasteiger charge is 2.40. The third kappa shape index (κ3) is 2.68. The molecule has 1 saturated heterocycles. The summed E-state index contributed by atoms with van der Waals surface area (Å²) in [7, 11) is 1.59. The number of nitrogens with zero attached hydrogens (tertiary/aromatic N) is 1. The van der Waals surface area contributed by atoms with Crippen molar-refractivity contribution in [1.82, 2.24) is 10.2 Å². The Balaban J connectivity index is 2.08. The second-order valence-electron chi connectivity index (χ2n) is 5.13. The summed E-state index contributed by atoms with van der Waals surface area (Å²) in [6, 6.07) is 6.77. The number of urea groups is 1. The maximum atomic E-state index is 12.3. The van der Waals surface area contributed by atoms with Gasteiger partial charge < -0.3 is 20.3 Å². The van der Waals surface area contributed by atoms with E-state index < -0.39 is 5.54 Å². The minimum atomic E-state index is -0.852. The van der Waals surface area contributed by atoms with Crippen molar-refractivity contribution >= 4 is 17.6 Å². The van der Waals surface area contributed by atoms with E-state index in [1.165, 1.54) is 4.90 Å². The lowest BCUT2D eigenvalue weighted by Gasteiger charge is -2.40. The van der Waals surface area contributed by atoms with E-state index >= 15 is 0 Å². The number of rotatable bonds is 2. The molecule has 2 rings (SSSR count). The van der Waals surface area contributed by atoms with Crippen molar-refractivity contribution < 1.29 is 14.3 Å². The van der Waals surface area contributed by atoms with Crippen molar-refractivity contribution in [2.75, 3.05) is 25.5 Å². The van der Waals surface area contributed by atoms with Gasteiger partial charge in [-0.2, -0.15) is 0 Å². The molecule has 3 amide bonds. The van der Waals surface area contributed by atoms with E-state index in [0.717, 1.165) is 5.75 Å². The summed E-state index contributed by atoms with van der Waals surface area (Å²) in [6.45, 7) is 4.42. The van der Waals surface area contributed by atoms with Gasteiger partial charge in [0.2, 0.25) is 5.91 Å². The second-order valence-corrected chi connectivity index (χ2v) is 5.13. The first-order valence-electron chi connectivity index (χ1n) is 6.46. The average molecular weight is 277 g/mol. The Labute approximate surface area is 118 Å². The zero-order valence-corrected chi connectivity index (χ0v) is 11.9. The summed E-state index contributed by atoms with van der Waals surface area (Å²) in [6.07, 6.45) is 0. The lowest BCUT2D eigenvalue weighted by molar-refractivity contribution is -0.132. The first kappa shape index (κ1) is 14.2. The molecular weight excluding hydrogens is 258 g/mol. The zero-order valence-electron chi connectivity index (χ0n) is 11.9. The van der Waals surface area contributed by atoms with Crippen LogP contribution in [0, 0.1) is 0 Å². The Hall–Kier alpha value is -2.24. The van der Waals surface area contributed by atoms with Crippen molar-refractivity contribution in [2.24, 2.45) is 0 Å². The molecule has 0 saturated carbocycles. The number of hydrogen-bond donors (Lipinski definition) is 2. The largest absolute Gasteiger partial charge is 0.497 e. The zero-order chi connectivity index (χ0) is 14.8. The number of piperazine rings is 1. The number of carbonyl (C=O) groups excluding carboxylic acids is 2. The molecule has 6 heteroatoms. The maximum absolute atomic E-state index is 12.3. The highest BCUT2D eigenvalue weighted by molar-refractivity contribution is 5.96. The van der Waals surface area contributed by atoms with Gasteiger partial charge in [0.25, 0.3) is 0 Å². The van der Waals surface area contributed by atoms with Crippen LogP contribution in [0.5, 0.6) is 5.75 Å². The molecule has 0 spiro atoms. The summed E-state index contributed by atoms with van der Waals surface area (Å²) in [5.41, 5.74) is -0.188. The molecule has 2 N–H and O–H groups in total. The van der Waals surface area contributed by atoms with Crippen LogP contribution in [0.1, 0.15) is 13.8 Å². The van der Waals surface area contributed by atoms with Crippen LogP contribution in [0.3, 0.4) is 0 Å². The van der Waals surface area contributed by atoms with Gasteiger partial charge >= 0.3 is 6.03 Å². The Morgan fingerprint density at radius 1 is 1.35 bits per heavy atom. The van der Waals surface area contributed by atoms with E-state index in [-0.39, 0.29) is 11.9 Å². The molecule has 0 bridgehead atoms. The van der Waals surface area contributed by atoms with Gasteiger partial charge in [0.1, 0.15) is 11.3 Å². The van der Waals surface area contributed by atoms with Crippen molar-refractivity contribution in [3.8, 4) is 5.75 Å². The minimum absolute atomic E-state index is 0.145. The predicted octanol–water partition coefficient (Wildman–Crippen LogP) is 1.44. The molecule has 0 aromatic heterocycles. The first-order valence-corrected chi connectivity index (χ1v) is 6.46. The van der Waals surface area contributed by atoms with E-state index in [2.05, 4.69) is 10.6 Å². The fourth-order valence-corrected chi connectivity index (χ4v) is 2.12. The lowest BCUT2D eigenvalue weighted by Crippen LogP contribution is -2.64. The molecule has 0 aliphatic carbocycles. The average Bonchev–Trinajstić information content (AvgIpc) is 2.42. The molecule has 0 unspecified atom stereocenters. The molecule has 1 aromatic carbocycles. The topological polar surface area (TPSA) is 70.7 Å². The Kier molecular flexibility index (Phi) is 3.83. The summed E-state index contributed by atoms with van der Waals surface area (Å²) < 4.78 is 5.06. The van der Waals surface area contributed by atoms with E-state index in [1.807, 2.05) is 0 Å². The van der Waals surface area contributed by atoms with Crippen molar-refractivity contribution in [3.63, 3.8) is 0 Å². The van der Waals surface area contributed by atoms with Crippen LogP contribution < -0.4 is 15.4 Å². The van der Waals surface area contributed by atoms with Gasteiger partial charge in [0.05, 0.1) is 7.11 Å². The highest BCUT2D eigenvalue weighted by atomic mass is 16.5. The van der Waals surface area contributed by atoms with Crippen molar-refractivity contribution in [3.05, 3.63) is 24.3 Å². The molecule has 20 heavy (non-hydrogen) atoms. The first-order chi connectivity index (χ1) is 9.45. The molecule has 1 fully saturated rings. The number of amides is 3. The van der Waals surface area contributed by atoms with E-state index in [9.17, 15) is 9.59 Å². The van der Waals surface area contributed by atoms with Crippen LogP contribution in [0.15, 0.2) is 24.3 Å². The third-order valence-corrected chi connectivity index (χ3v) is 3.44. The van der Waals surface area contributed by atoms with Gasteiger partial charge in [-0.25, -0.2) is 4.79 Å². The van der Waals surface area contributed by atoms with Gasteiger partial charge in [-0.05, 0) is 38.1 Å². The van der Waals surface area contributed by atoms with Crippen LogP contribution in [-0.4, -0.2) is 42.6 Å². The molecule has 108 valence electrons. The molecule has 0 radical (unpaired) electrons. The SMILES string of the molecule is COc1ccc(NC(=O)N2CCNC(=O)C2(C)C)cc1. The Morgan fingerprint density at radius 2 is 2.00 bits per heavy atom. The van der Waals surface area contributed by atoms with Crippen molar-refractivity contribution in [1.29, 1.82) is 0 Å². The fourth-order valence-electron chi connectivity index (χ4n) is 2.12. The van der Waals surface area contributed by atoms with Gasteiger partial charge in [0.15, 0.2) is 0 Å². The van der Waals surface area contributed by atoms with Gasteiger partial charge in [-0.15, -0.1) is 0 Å². The third-order valence-electron chi connectivity index (χ3n) is 3.44. The van der Waals surface area contributed by atoms with Gasteiger partial charge in [0, 0.05) is 18.8 Å². The molecule has 1 heterocycles. The molecular formula is C14H19N3O3. The second kappa shape index (κ2) is 5.40. The smallest absolute Gasteiger partial charge is 0.322 e. The van der Waals surface area contributed by atoms with Gasteiger partial charge in [-0.1, -0.05) is 0 Å². The lowest BCUT2D eigenvalue weighted by atomic mass is 9.99. The fraction of sp³-hybridized carbons (Fsp3) is 0.429. The van der Waals surface area contributed by atoms with E-state index in [1.54, 1.807) is 45.2 Å². The standard InChI is InChI=1S/C14H19N3O3/c1-14(2)12(18)15-8-9-17(14)13(19)16-10-4-6-11(20-3)7-5-10/h4-7H,8-9H2,1-3H3,(H,15,18)(H,16,19). The summed E-state index contributed by atoms with van der Waals surface area (Å²) >= 11 is 0. The number of carbonyl (C=O) groups is 2. The van der Waals surface area contributed by atoms with Crippen LogP contribution in [-0.2, 0) is 4.79 Å². The van der Waals surface area contributed by atoms with E-state index in [0.29, 0.717) is 18.8 Å². The highest BCUT2D eigenvalue weighted by Crippen LogP contribution is 2.20. The van der Waals surface area contributed by atoms with Crippen LogP contribution in [0.2, 0.25) is 0 Å². The number of benzene rings is 1. The summed E-state index contributed by atoms with van der Waals surface area (Å²) in [5.74, 6) is 0.578. The Morgan fingerprint density at radius 3 is 2.60 bits per heavy atom.